The van der Waals surface area contributed by atoms with Gasteiger partial charge in [0, 0.05) is 16.7 Å². The van der Waals surface area contributed by atoms with Gasteiger partial charge in [0.15, 0.2) is 0 Å². The van der Waals surface area contributed by atoms with Crippen LogP contribution < -0.4 is 10.1 Å². The Morgan fingerprint density at radius 1 is 1.37 bits per heavy atom. The van der Waals surface area contributed by atoms with Crippen LogP contribution in [0.25, 0.3) is 0 Å². The summed E-state index contributed by atoms with van der Waals surface area (Å²) in [6.07, 6.45) is 5.64. The lowest BCUT2D eigenvalue weighted by atomic mass is 10.0. The zero-order chi connectivity index (χ0) is 13.1. The van der Waals surface area contributed by atoms with Crippen molar-refractivity contribution in [2.75, 3.05) is 12.3 Å². The third-order valence-corrected chi connectivity index (χ3v) is 5.06. The minimum Gasteiger partial charge on any atom is -0.487 e. The minimum atomic E-state index is 0.326. The number of ether oxygens (including phenoxy) is 1. The molecule has 3 rings (SSSR count). The van der Waals surface area contributed by atoms with E-state index in [2.05, 4.69) is 36.5 Å². The highest BCUT2D eigenvalue weighted by Crippen LogP contribution is 2.39. The molecule has 1 aromatic carbocycles. The quantitative estimate of drug-likeness (QED) is 0.856. The molecule has 1 heterocycles. The fourth-order valence-corrected chi connectivity index (χ4v) is 3.72. The van der Waals surface area contributed by atoms with Crippen LogP contribution in [-0.2, 0) is 0 Å². The molecule has 1 N–H and O–H groups in total. The van der Waals surface area contributed by atoms with Gasteiger partial charge >= 0.3 is 0 Å². The van der Waals surface area contributed by atoms with E-state index in [1.807, 2.05) is 11.8 Å². The zero-order valence-electron chi connectivity index (χ0n) is 11.6. The first-order chi connectivity index (χ1) is 9.36. The molecule has 1 aromatic rings. The summed E-state index contributed by atoms with van der Waals surface area (Å²) in [4.78, 5) is 1.29. The number of hydrogen-bond acceptors (Lipinski definition) is 3. The monoisotopic (exact) mass is 277 g/mol. The number of nitrogens with one attached hydrogen (secondary N) is 1. The van der Waals surface area contributed by atoms with Gasteiger partial charge in [-0.25, -0.2) is 0 Å². The summed E-state index contributed by atoms with van der Waals surface area (Å²) in [6.45, 7) is 3.33. The van der Waals surface area contributed by atoms with Crippen molar-refractivity contribution in [3.05, 3.63) is 24.3 Å². The Balaban J connectivity index is 1.65. The van der Waals surface area contributed by atoms with Crippen LogP contribution >= 0.6 is 11.8 Å². The SMILES string of the molecule is CCCNC(CC1CC1)C1CSc2ccccc2O1. The predicted octanol–water partition coefficient (Wildman–Crippen LogP) is 3.71. The standard InChI is InChI=1S/C16H23NOS/c1-2-9-17-13(10-12-7-8-12)15-11-19-16-6-4-3-5-14(16)18-15/h3-6,12-13,15,17H,2,7-11H2,1H3. The molecular formula is C16H23NOS. The third-order valence-electron chi connectivity index (χ3n) is 3.92. The lowest BCUT2D eigenvalue weighted by Gasteiger charge is -2.32. The normalized spacial score (nSPS) is 23.5. The van der Waals surface area contributed by atoms with E-state index in [0.29, 0.717) is 12.1 Å². The lowest BCUT2D eigenvalue weighted by Crippen LogP contribution is -2.46. The van der Waals surface area contributed by atoms with Crippen LogP contribution in [0.3, 0.4) is 0 Å². The van der Waals surface area contributed by atoms with E-state index in [-0.39, 0.29) is 0 Å². The molecule has 1 aliphatic carbocycles. The largest absolute Gasteiger partial charge is 0.487 e. The molecule has 0 radical (unpaired) electrons. The average Bonchev–Trinajstić information content (AvgIpc) is 3.27. The summed E-state index contributed by atoms with van der Waals surface area (Å²) in [6, 6.07) is 8.94. The smallest absolute Gasteiger partial charge is 0.133 e. The zero-order valence-corrected chi connectivity index (χ0v) is 12.4. The first kappa shape index (κ1) is 13.3. The molecule has 2 unspecified atom stereocenters. The Kier molecular flexibility index (Phi) is 4.34. The van der Waals surface area contributed by atoms with Crippen LogP contribution in [0.5, 0.6) is 5.75 Å². The van der Waals surface area contributed by atoms with Crippen molar-refractivity contribution in [2.45, 2.75) is 49.6 Å². The predicted molar refractivity (Wildman–Crippen MR) is 81.0 cm³/mol. The van der Waals surface area contributed by atoms with Gasteiger partial charge in [0.25, 0.3) is 0 Å². The Morgan fingerprint density at radius 3 is 3.00 bits per heavy atom. The number of fused-ring (bicyclic) bond motifs is 1. The van der Waals surface area contributed by atoms with Crippen LogP contribution in [0.15, 0.2) is 29.2 Å². The summed E-state index contributed by atoms with van der Waals surface area (Å²) >= 11 is 1.94. The van der Waals surface area contributed by atoms with Crippen molar-refractivity contribution in [2.24, 2.45) is 5.92 Å². The van der Waals surface area contributed by atoms with Gasteiger partial charge in [0.1, 0.15) is 11.9 Å². The highest BCUT2D eigenvalue weighted by Gasteiger charge is 2.33. The summed E-state index contributed by atoms with van der Waals surface area (Å²) < 4.78 is 6.24. The minimum absolute atomic E-state index is 0.326. The molecule has 2 atom stereocenters. The molecule has 19 heavy (non-hydrogen) atoms. The Bertz CT molecular complexity index is 419. The van der Waals surface area contributed by atoms with Gasteiger partial charge in [0.05, 0.1) is 0 Å². The maximum atomic E-state index is 6.24. The molecule has 0 bridgehead atoms. The van der Waals surface area contributed by atoms with Crippen LogP contribution in [-0.4, -0.2) is 24.4 Å². The highest BCUT2D eigenvalue weighted by atomic mass is 32.2. The maximum absolute atomic E-state index is 6.24. The average molecular weight is 277 g/mol. The van der Waals surface area contributed by atoms with Crippen LogP contribution in [0.4, 0.5) is 0 Å². The van der Waals surface area contributed by atoms with Crippen LogP contribution in [0.1, 0.15) is 32.6 Å². The Hall–Kier alpha value is -0.670. The van der Waals surface area contributed by atoms with Gasteiger partial charge in [-0.3, -0.25) is 0 Å². The molecular weight excluding hydrogens is 254 g/mol. The van der Waals surface area contributed by atoms with E-state index in [9.17, 15) is 0 Å². The van der Waals surface area contributed by atoms with Gasteiger partial charge in [0.2, 0.25) is 0 Å². The first-order valence-electron chi connectivity index (χ1n) is 7.48. The van der Waals surface area contributed by atoms with Crippen molar-refractivity contribution in [1.29, 1.82) is 0 Å². The molecule has 3 heteroatoms. The fourth-order valence-electron chi connectivity index (χ4n) is 2.64. The van der Waals surface area contributed by atoms with Crippen molar-refractivity contribution in [3.8, 4) is 5.75 Å². The Morgan fingerprint density at radius 2 is 2.21 bits per heavy atom. The van der Waals surface area contributed by atoms with E-state index in [4.69, 9.17) is 4.74 Å². The van der Waals surface area contributed by atoms with Crippen LogP contribution in [0, 0.1) is 5.92 Å². The molecule has 1 aliphatic heterocycles. The summed E-state index contributed by atoms with van der Waals surface area (Å²) in [5.74, 6) is 3.09. The summed E-state index contributed by atoms with van der Waals surface area (Å²) in [5.41, 5.74) is 0. The Labute approximate surface area is 120 Å². The van der Waals surface area contributed by atoms with Gasteiger partial charge in [-0.2, -0.15) is 0 Å². The molecule has 0 aromatic heterocycles. The number of hydrogen-bond donors (Lipinski definition) is 1. The number of para-hydroxylation sites is 1. The molecule has 2 nitrogen and oxygen atoms in total. The second-order valence-corrected chi connectivity index (χ2v) is 6.72. The number of rotatable bonds is 6. The van der Waals surface area contributed by atoms with Gasteiger partial charge in [-0.15, -0.1) is 11.8 Å². The molecule has 0 spiro atoms. The molecule has 1 saturated carbocycles. The van der Waals surface area contributed by atoms with Crippen molar-refractivity contribution >= 4 is 11.8 Å². The van der Waals surface area contributed by atoms with Gasteiger partial charge in [-0.05, 0) is 37.4 Å². The highest BCUT2D eigenvalue weighted by molar-refractivity contribution is 7.99. The first-order valence-corrected chi connectivity index (χ1v) is 8.47. The maximum Gasteiger partial charge on any atom is 0.133 e. The van der Waals surface area contributed by atoms with Crippen molar-refractivity contribution in [1.82, 2.24) is 5.32 Å². The van der Waals surface area contributed by atoms with Gasteiger partial charge < -0.3 is 10.1 Å². The van der Waals surface area contributed by atoms with Crippen molar-refractivity contribution in [3.63, 3.8) is 0 Å². The van der Waals surface area contributed by atoms with E-state index >= 15 is 0 Å². The topological polar surface area (TPSA) is 21.3 Å². The molecule has 104 valence electrons. The van der Waals surface area contributed by atoms with E-state index in [1.165, 1.54) is 30.6 Å². The number of thioether (sulfide) groups is 1. The molecule has 1 fully saturated rings. The molecule has 0 amide bonds. The molecule has 2 aliphatic rings. The van der Waals surface area contributed by atoms with Crippen LogP contribution in [0.2, 0.25) is 0 Å². The summed E-state index contributed by atoms with van der Waals surface area (Å²) in [5, 5.41) is 3.70. The third kappa shape index (κ3) is 3.46. The van der Waals surface area contributed by atoms with E-state index in [0.717, 1.165) is 24.0 Å². The second kappa shape index (κ2) is 6.19. The molecule has 0 saturated heterocycles. The van der Waals surface area contributed by atoms with Crippen molar-refractivity contribution < 1.29 is 4.74 Å². The lowest BCUT2D eigenvalue weighted by molar-refractivity contribution is 0.157. The summed E-state index contributed by atoms with van der Waals surface area (Å²) in [7, 11) is 0. The van der Waals surface area contributed by atoms with Gasteiger partial charge in [-0.1, -0.05) is 31.9 Å². The number of benzene rings is 1. The fraction of sp³-hybridized carbons (Fsp3) is 0.625. The van der Waals surface area contributed by atoms with E-state index in [1.54, 1.807) is 0 Å². The second-order valence-electron chi connectivity index (χ2n) is 5.65. The van der Waals surface area contributed by atoms with E-state index < -0.39 is 0 Å².